The standard InChI is InChI=1S/C21H26N4O4S/c26-21(23-19-7-4-10-22-20(19)24-13-15-29-16-14-24)17-8-11-25(12-9-17)30(27,28)18-5-2-1-3-6-18/h1-7,10,17H,8-9,11-16H2,(H,23,26). The van der Waals surface area contributed by atoms with Crippen LogP contribution in [0.4, 0.5) is 11.5 Å². The van der Waals surface area contributed by atoms with E-state index in [1.165, 1.54) is 4.31 Å². The molecule has 2 aliphatic heterocycles. The van der Waals surface area contributed by atoms with Gasteiger partial charge in [-0.1, -0.05) is 18.2 Å². The smallest absolute Gasteiger partial charge is 0.243 e. The normalized spacial score (nSPS) is 18.9. The molecule has 4 rings (SSSR count). The van der Waals surface area contributed by atoms with Crippen LogP contribution in [-0.2, 0) is 19.6 Å². The van der Waals surface area contributed by atoms with Gasteiger partial charge in [-0.15, -0.1) is 0 Å². The molecular weight excluding hydrogens is 404 g/mol. The van der Waals surface area contributed by atoms with E-state index in [1.54, 1.807) is 42.6 Å². The van der Waals surface area contributed by atoms with Crippen molar-refractivity contribution in [2.24, 2.45) is 5.92 Å². The lowest BCUT2D eigenvalue weighted by molar-refractivity contribution is -0.120. The fourth-order valence-corrected chi connectivity index (χ4v) is 5.35. The Morgan fingerprint density at radius 2 is 1.70 bits per heavy atom. The van der Waals surface area contributed by atoms with Gasteiger partial charge in [-0.2, -0.15) is 4.31 Å². The summed E-state index contributed by atoms with van der Waals surface area (Å²) in [4.78, 5) is 19.7. The first-order valence-corrected chi connectivity index (χ1v) is 11.6. The molecule has 0 aliphatic carbocycles. The molecule has 1 aromatic heterocycles. The molecule has 2 aromatic rings. The lowest BCUT2D eigenvalue weighted by Crippen LogP contribution is -2.41. The molecule has 0 spiro atoms. The Labute approximate surface area is 176 Å². The number of amides is 1. The van der Waals surface area contributed by atoms with Crippen molar-refractivity contribution in [1.29, 1.82) is 0 Å². The predicted octanol–water partition coefficient (Wildman–Crippen LogP) is 1.96. The first kappa shape index (κ1) is 20.8. The number of piperidine rings is 1. The van der Waals surface area contributed by atoms with Crippen molar-refractivity contribution < 1.29 is 17.9 Å². The molecule has 30 heavy (non-hydrogen) atoms. The van der Waals surface area contributed by atoms with Gasteiger partial charge < -0.3 is 15.0 Å². The zero-order valence-electron chi connectivity index (χ0n) is 16.7. The molecular formula is C21H26N4O4S. The number of morpholine rings is 1. The second-order valence-corrected chi connectivity index (χ2v) is 9.39. The number of carbonyl (C=O) groups excluding carboxylic acids is 1. The van der Waals surface area contributed by atoms with Gasteiger partial charge in [0.05, 0.1) is 23.8 Å². The highest BCUT2D eigenvalue weighted by atomic mass is 32.2. The maximum absolute atomic E-state index is 12.9. The largest absolute Gasteiger partial charge is 0.378 e. The molecule has 1 N–H and O–H groups in total. The first-order valence-electron chi connectivity index (χ1n) is 10.2. The highest BCUT2D eigenvalue weighted by Gasteiger charge is 2.32. The number of sulfonamides is 1. The van der Waals surface area contributed by atoms with Crippen LogP contribution in [0, 0.1) is 5.92 Å². The van der Waals surface area contributed by atoms with Crippen LogP contribution in [0.25, 0.3) is 0 Å². The summed E-state index contributed by atoms with van der Waals surface area (Å²) in [6.45, 7) is 3.40. The molecule has 9 heteroatoms. The van der Waals surface area contributed by atoms with E-state index in [1.807, 2.05) is 6.07 Å². The van der Waals surface area contributed by atoms with Crippen LogP contribution in [0.15, 0.2) is 53.6 Å². The minimum absolute atomic E-state index is 0.0886. The molecule has 160 valence electrons. The van der Waals surface area contributed by atoms with Gasteiger partial charge in [0.25, 0.3) is 0 Å². The monoisotopic (exact) mass is 430 g/mol. The average Bonchev–Trinajstić information content (AvgIpc) is 2.80. The van der Waals surface area contributed by atoms with Crippen LogP contribution in [0.5, 0.6) is 0 Å². The van der Waals surface area contributed by atoms with Crippen LogP contribution in [0.2, 0.25) is 0 Å². The fraction of sp³-hybridized carbons (Fsp3) is 0.429. The maximum Gasteiger partial charge on any atom is 0.243 e. The Morgan fingerprint density at radius 3 is 2.40 bits per heavy atom. The van der Waals surface area contributed by atoms with Crippen LogP contribution in [-0.4, -0.2) is 63.0 Å². The number of rotatable bonds is 5. The highest BCUT2D eigenvalue weighted by molar-refractivity contribution is 7.89. The van der Waals surface area contributed by atoms with E-state index >= 15 is 0 Å². The molecule has 1 amide bonds. The molecule has 2 aliphatic rings. The van der Waals surface area contributed by atoms with Gasteiger partial charge in [0.15, 0.2) is 5.82 Å². The number of benzene rings is 1. The Kier molecular flexibility index (Phi) is 6.31. The number of hydrogen-bond donors (Lipinski definition) is 1. The number of anilines is 2. The Hall–Kier alpha value is -2.49. The number of carbonyl (C=O) groups is 1. The number of aromatic nitrogens is 1. The van der Waals surface area contributed by atoms with E-state index in [0.717, 1.165) is 18.9 Å². The molecule has 3 heterocycles. The summed E-state index contributed by atoms with van der Waals surface area (Å²) < 4.78 is 32.4. The molecule has 8 nitrogen and oxygen atoms in total. The molecule has 0 unspecified atom stereocenters. The van der Waals surface area contributed by atoms with E-state index in [9.17, 15) is 13.2 Å². The molecule has 1 aromatic carbocycles. The average molecular weight is 431 g/mol. The minimum Gasteiger partial charge on any atom is -0.378 e. The van der Waals surface area contributed by atoms with E-state index in [4.69, 9.17) is 4.74 Å². The van der Waals surface area contributed by atoms with Crippen molar-refractivity contribution in [1.82, 2.24) is 9.29 Å². The maximum atomic E-state index is 12.9. The summed E-state index contributed by atoms with van der Waals surface area (Å²) in [5.41, 5.74) is 0.684. The van der Waals surface area contributed by atoms with Gasteiger partial charge in [-0.05, 0) is 37.1 Å². The minimum atomic E-state index is -3.52. The second-order valence-electron chi connectivity index (χ2n) is 7.45. The number of ether oxygens (including phenoxy) is 1. The van der Waals surface area contributed by atoms with Gasteiger partial charge in [-0.25, -0.2) is 13.4 Å². The van der Waals surface area contributed by atoms with Crippen molar-refractivity contribution in [3.63, 3.8) is 0 Å². The summed E-state index contributed by atoms with van der Waals surface area (Å²) in [5.74, 6) is 0.428. The zero-order valence-corrected chi connectivity index (χ0v) is 17.6. The third kappa shape index (κ3) is 4.48. The van der Waals surface area contributed by atoms with Crippen LogP contribution in [0.3, 0.4) is 0 Å². The first-order chi connectivity index (χ1) is 14.6. The Morgan fingerprint density at radius 1 is 1.00 bits per heavy atom. The number of nitrogens with one attached hydrogen (secondary N) is 1. The zero-order chi connectivity index (χ0) is 21.0. The molecule has 0 saturated carbocycles. The second kappa shape index (κ2) is 9.11. The molecule has 0 bridgehead atoms. The van der Waals surface area contributed by atoms with Gasteiger partial charge in [-0.3, -0.25) is 4.79 Å². The molecule has 2 fully saturated rings. The van der Waals surface area contributed by atoms with Gasteiger partial charge in [0.1, 0.15) is 0 Å². The van der Waals surface area contributed by atoms with Crippen molar-refractivity contribution in [2.45, 2.75) is 17.7 Å². The highest BCUT2D eigenvalue weighted by Crippen LogP contribution is 2.27. The van der Waals surface area contributed by atoms with E-state index in [0.29, 0.717) is 49.7 Å². The van der Waals surface area contributed by atoms with Crippen LogP contribution in [0.1, 0.15) is 12.8 Å². The summed E-state index contributed by atoms with van der Waals surface area (Å²) >= 11 is 0. The summed E-state index contributed by atoms with van der Waals surface area (Å²) in [5, 5.41) is 3.01. The predicted molar refractivity (Wildman–Crippen MR) is 114 cm³/mol. The van der Waals surface area contributed by atoms with Gasteiger partial charge >= 0.3 is 0 Å². The number of pyridine rings is 1. The van der Waals surface area contributed by atoms with E-state index < -0.39 is 10.0 Å². The van der Waals surface area contributed by atoms with E-state index in [-0.39, 0.29) is 11.8 Å². The third-order valence-corrected chi connectivity index (χ3v) is 7.47. The third-order valence-electron chi connectivity index (χ3n) is 5.56. The van der Waals surface area contributed by atoms with Crippen LogP contribution >= 0.6 is 0 Å². The topological polar surface area (TPSA) is 91.8 Å². The van der Waals surface area contributed by atoms with Crippen molar-refractivity contribution in [3.8, 4) is 0 Å². The number of nitrogens with zero attached hydrogens (tertiary/aromatic N) is 3. The fourth-order valence-electron chi connectivity index (χ4n) is 3.86. The Balaban J connectivity index is 1.39. The van der Waals surface area contributed by atoms with Crippen molar-refractivity contribution in [2.75, 3.05) is 49.6 Å². The quantitative estimate of drug-likeness (QED) is 0.780. The SMILES string of the molecule is O=C(Nc1cccnc1N1CCOCC1)C1CCN(S(=O)(=O)c2ccccc2)CC1. The number of hydrogen-bond acceptors (Lipinski definition) is 6. The van der Waals surface area contributed by atoms with Crippen molar-refractivity contribution in [3.05, 3.63) is 48.7 Å². The van der Waals surface area contributed by atoms with Crippen molar-refractivity contribution >= 4 is 27.4 Å². The van der Waals surface area contributed by atoms with E-state index in [2.05, 4.69) is 15.2 Å². The molecule has 0 radical (unpaired) electrons. The lowest BCUT2D eigenvalue weighted by Gasteiger charge is -2.31. The van der Waals surface area contributed by atoms with Gasteiger partial charge in [0.2, 0.25) is 15.9 Å². The summed E-state index contributed by atoms with van der Waals surface area (Å²) in [7, 11) is -3.52. The molecule has 0 atom stereocenters. The summed E-state index contributed by atoms with van der Waals surface area (Å²) in [6.07, 6.45) is 2.70. The lowest BCUT2D eigenvalue weighted by atomic mass is 9.97. The van der Waals surface area contributed by atoms with Gasteiger partial charge in [0, 0.05) is 38.3 Å². The Bertz CT molecular complexity index is 970. The molecule has 2 saturated heterocycles. The van der Waals surface area contributed by atoms with Crippen LogP contribution < -0.4 is 10.2 Å². The summed E-state index contributed by atoms with van der Waals surface area (Å²) in [6, 6.07) is 12.1.